The Hall–Kier alpha value is -2.37. The molecule has 4 aromatic rings. The summed E-state index contributed by atoms with van der Waals surface area (Å²) in [5.74, 6) is 0. The van der Waals surface area contributed by atoms with Crippen molar-refractivity contribution in [3.8, 4) is 0 Å². The molecule has 0 saturated heterocycles. The first-order valence-electron chi connectivity index (χ1n) is 9.28. The van der Waals surface area contributed by atoms with Crippen molar-refractivity contribution in [1.29, 1.82) is 0 Å². The van der Waals surface area contributed by atoms with Crippen LogP contribution in [0.2, 0.25) is 10.0 Å². The second-order valence-corrected chi connectivity index (χ2v) is 11.9. The third kappa shape index (κ3) is 4.06. The lowest BCUT2D eigenvalue weighted by atomic mass is 10.2. The molecule has 0 amide bonds. The lowest BCUT2D eigenvalue weighted by molar-refractivity contribution is 0.583. The van der Waals surface area contributed by atoms with Crippen LogP contribution in [0.4, 0.5) is 5.69 Å². The maximum absolute atomic E-state index is 13.9. The Morgan fingerprint density at radius 1 is 0.758 bits per heavy atom. The highest BCUT2D eigenvalue weighted by Crippen LogP contribution is 2.36. The number of fused-ring (bicyclic) bond motifs is 1. The second kappa shape index (κ2) is 8.44. The zero-order valence-corrected chi connectivity index (χ0v) is 21.0. The van der Waals surface area contributed by atoms with Gasteiger partial charge in [0, 0.05) is 10.0 Å². The van der Waals surface area contributed by atoms with Crippen molar-refractivity contribution in [3.63, 3.8) is 0 Å². The summed E-state index contributed by atoms with van der Waals surface area (Å²) in [5.41, 5.74) is 0.772. The molecule has 0 aliphatic carbocycles. The first-order chi connectivity index (χ1) is 15.4. The van der Waals surface area contributed by atoms with Crippen molar-refractivity contribution in [2.24, 2.45) is 0 Å². The molecule has 13 heteroatoms. The van der Waals surface area contributed by atoms with Crippen molar-refractivity contribution in [3.05, 3.63) is 75.8 Å². The molecular formula is C20H15Cl3N4O4S2. The van der Waals surface area contributed by atoms with Gasteiger partial charge in [0.25, 0.3) is 20.0 Å². The third-order valence-electron chi connectivity index (χ3n) is 4.98. The average molecular weight is 546 g/mol. The minimum Gasteiger partial charge on any atom is -0.200 e. The van der Waals surface area contributed by atoms with Crippen LogP contribution >= 0.6 is 35.0 Å². The van der Waals surface area contributed by atoms with Gasteiger partial charge in [-0.3, -0.25) is 0 Å². The van der Waals surface area contributed by atoms with Crippen molar-refractivity contribution in [1.82, 2.24) is 14.5 Å². The molecule has 0 aliphatic rings. The van der Waals surface area contributed by atoms with E-state index in [9.17, 15) is 16.8 Å². The molecule has 3 aromatic carbocycles. The van der Waals surface area contributed by atoms with Gasteiger partial charge in [-0.05, 0) is 67.4 Å². The van der Waals surface area contributed by atoms with Gasteiger partial charge in [-0.2, -0.15) is 20.5 Å². The SMILES string of the molecule is Cc1c(Cl)cccc1S(=O)(=O)N(c1ccc2nn(Cl)nc2c1)S(=O)(=O)c1cccc(Cl)c1C. The monoisotopic (exact) mass is 544 g/mol. The van der Waals surface area contributed by atoms with Crippen LogP contribution in [0.5, 0.6) is 0 Å². The lowest BCUT2D eigenvalue weighted by Gasteiger charge is -2.26. The molecule has 8 nitrogen and oxygen atoms in total. The van der Waals surface area contributed by atoms with E-state index in [1.54, 1.807) is 0 Å². The zero-order valence-electron chi connectivity index (χ0n) is 17.1. The summed E-state index contributed by atoms with van der Waals surface area (Å²) in [6, 6.07) is 12.5. The number of anilines is 1. The number of halogens is 3. The van der Waals surface area contributed by atoms with Gasteiger partial charge in [0.1, 0.15) is 11.0 Å². The Kier molecular flexibility index (Phi) is 6.08. The molecule has 0 saturated carbocycles. The number of rotatable bonds is 5. The summed E-state index contributed by atoms with van der Waals surface area (Å²) in [6.07, 6.45) is 0. The molecule has 1 heterocycles. The maximum Gasteiger partial charge on any atom is 0.277 e. The van der Waals surface area contributed by atoms with Crippen molar-refractivity contribution >= 4 is 71.7 Å². The van der Waals surface area contributed by atoms with Gasteiger partial charge in [0.2, 0.25) is 0 Å². The highest BCUT2D eigenvalue weighted by molar-refractivity contribution is 8.10. The van der Waals surface area contributed by atoms with Crippen LogP contribution in [-0.2, 0) is 20.0 Å². The van der Waals surface area contributed by atoms with Crippen LogP contribution < -0.4 is 3.71 Å². The van der Waals surface area contributed by atoms with Crippen LogP contribution in [-0.4, -0.2) is 31.3 Å². The van der Waals surface area contributed by atoms with Gasteiger partial charge in [-0.15, -0.1) is 10.2 Å². The Labute approximate surface area is 205 Å². The van der Waals surface area contributed by atoms with E-state index in [2.05, 4.69) is 10.2 Å². The van der Waals surface area contributed by atoms with E-state index in [-0.39, 0.29) is 42.2 Å². The topological polar surface area (TPSA) is 102 Å². The summed E-state index contributed by atoms with van der Waals surface area (Å²) >= 11 is 18.1. The van der Waals surface area contributed by atoms with E-state index in [0.29, 0.717) is 9.23 Å². The van der Waals surface area contributed by atoms with Gasteiger partial charge >= 0.3 is 0 Å². The summed E-state index contributed by atoms with van der Waals surface area (Å²) < 4.78 is 56.5. The normalized spacial score (nSPS) is 12.3. The Bertz CT molecular complexity index is 1540. The van der Waals surface area contributed by atoms with Crippen LogP contribution in [0.3, 0.4) is 0 Å². The number of hydrogen-bond donors (Lipinski definition) is 0. The Morgan fingerprint density at radius 3 is 1.76 bits per heavy atom. The molecule has 0 bridgehead atoms. The highest BCUT2D eigenvalue weighted by atomic mass is 35.5. The fourth-order valence-corrected chi connectivity index (χ4v) is 8.08. The van der Waals surface area contributed by atoms with Crippen LogP contribution in [0.1, 0.15) is 11.1 Å². The standard InChI is InChI=1S/C20H15Cl3N4O4S2/c1-12-15(21)5-3-7-19(12)32(28,29)26(14-9-10-17-18(11-14)25-27(23)24-17)33(30,31)20-8-4-6-16(22)13(20)2/h3-11H,1-2H3. The molecule has 0 unspecified atom stereocenters. The zero-order chi connectivity index (χ0) is 24.1. The van der Waals surface area contributed by atoms with E-state index in [1.807, 2.05) is 0 Å². The largest absolute Gasteiger partial charge is 0.277 e. The number of sulfonamides is 2. The van der Waals surface area contributed by atoms with Crippen molar-refractivity contribution < 1.29 is 16.8 Å². The smallest absolute Gasteiger partial charge is 0.200 e. The number of benzene rings is 3. The molecule has 0 N–H and O–H groups in total. The predicted molar refractivity (Wildman–Crippen MR) is 128 cm³/mol. The number of aromatic nitrogens is 3. The first-order valence-corrected chi connectivity index (χ1v) is 13.3. The fraction of sp³-hybridized carbons (Fsp3) is 0.100. The number of nitrogens with zero attached hydrogens (tertiary/aromatic N) is 4. The second-order valence-electron chi connectivity index (χ2n) is 7.05. The molecule has 0 radical (unpaired) electrons. The van der Waals surface area contributed by atoms with Gasteiger partial charge in [0.15, 0.2) is 0 Å². The van der Waals surface area contributed by atoms with Crippen LogP contribution in [0.25, 0.3) is 11.0 Å². The van der Waals surface area contributed by atoms with E-state index in [4.69, 9.17) is 35.0 Å². The predicted octanol–water partition coefficient (Wildman–Crippen LogP) is 4.94. The molecule has 4 rings (SSSR count). The molecule has 33 heavy (non-hydrogen) atoms. The van der Waals surface area contributed by atoms with Crippen LogP contribution in [0, 0.1) is 13.8 Å². The molecule has 172 valence electrons. The summed E-state index contributed by atoms with van der Waals surface area (Å²) in [6.45, 7) is 2.99. The molecule has 1 aromatic heterocycles. The summed E-state index contributed by atoms with van der Waals surface area (Å²) in [4.78, 5) is -0.529. The van der Waals surface area contributed by atoms with Gasteiger partial charge in [-0.1, -0.05) is 39.7 Å². The average Bonchev–Trinajstić information content (AvgIpc) is 3.10. The molecule has 0 atom stereocenters. The quantitative estimate of drug-likeness (QED) is 0.352. The van der Waals surface area contributed by atoms with Crippen LogP contribution in [0.15, 0.2) is 64.4 Å². The van der Waals surface area contributed by atoms with Gasteiger partial charge < -0.3 is 0 Å². The molecule has 0 fully saturated rings. The third-order valence-corrected chi connectivity index (χ3v) is 10.4. The Morgan fingerprint density at radius 2 is 1.24 bits per heavy atom. The van der Waals surface area contributed by atoms with E-state index in [1.165, 1.54) is 68.4 Å². The molecular weight excluding hydrogens is 531 g/mol. The Balaban J connectivity index is 2.05. The van der Waals surface area contributed by atoms with Crippen molar-refractivity contribution in [2.75, 3.05) is 3.71 Å². The van der Waals surface area contributed by atoms with Gasteiger partial charge in [-0.25, -0.2) is 0 Å². The summed E-state index contributed by atoms with van der Waals surface area (Å²) in [7, 11) is -9.35. The molecule has 0 aliphatic heterocycles. The van der Waals surface area contributed by atoms with Crippen molar-refractivity contribution in [2.45, 2.75) is 23.6 Å². The highest BCUT2D eigenvalue weighted by Gasteiger charge is 2.39. The van der Waals surface area contributed by atoms with E-state index in [0.717, 1.165) is 4.32 Å². The fourth-order valence-electron chi connectivity index (χ4n) is 3.31. The van der Waals surface area contributed by atoms with Gasteiger partial charge in [0.05, 0.1) is 27.3 Å². The van der Waals surface area contributed by atoms with E-state index >= 15 is 0 Å². The summed E-state index contributed by atoms with van der Waals surface area (Å²) in [5, 5.41) is 8.21. The first kappa shape index (κ1) is 23.8. The van der Waals surface area contributed by atoms with E-state index < -0.39 is 20.0 Å². The minimum atomic E-state index is -4.67. The maximum atomic E-state index is 13.9. The lowest BCUT2D eigenvalue weighted by Crippen LogP contribution is -2.37. The number of hydrogen-bond acceptors (Lipinski definition) is 6. The minimum absolute atomic E-state index is 0.174. The molecule has 0 spiro atoms.